The van der Waals surface area contributed by atoms with Gasteiger partial charge in [0.2, 0.25) is 5.91 Å². The summed E-state index contributed by atoms with van der Waals surface area (Å²) in [6.45, 7) is 2.60. The zero-order valence-electron chi connectivity index (χ0n) is 14.1. The van der Waals surface area contributed by atoms with Gasteiger partial charge in [0.15, 0.2) is 0 Å². The number of nitrogens with zero attached hydrogens (tertiary/aromatic N) is 1. The second-order valence-electron chi connectivity index (χ2n) is 5.36. The predicted octanol–water partition coefficient (Wildman–Crippen LogP) is 3.43. The Hall–Kier alpha value is -2.82. The van der Waals surface area contributed by atoms with Crippen molar-refractivity contribution in [3.8, 4) is 5.75 Å². The highest BCUT2D eigenvalue weighted by molar-refractivity contribution is 5.99. The van der Waals surface area contributed by atoms with Crippen molar-refractivity contribution in [2.75, 3.05) is 19.0 Å². The summed E-state index contributed by atoms with van der Waals surface area (Å²) in [6, 6.07) is 17.5. The Labute approximate surface area is 142 Å². The minimum absolute atomic E-state index is 0.0817. The Morgan fingerprint density at radius 2 is 1.79 bits per heavy atom. The summed E-state index contributed by atoms with van der Waals surface area (Å²) >= 11 is 0. The minimum Gasteiger partial charge on any atom is -0.497 e. The number of methoxy groups -OCH3 is 1. The molecule has 0 unspecified atom stereocenters. The van der Waals surface area contributed by atoms with Crippen LogP contribution in [0.1, 0.15) is 25.3 Å². The summed E-state index contributed by atoms with van der Waals surface area (Å²) in [5, 5.41) is 7.40. The maximum atomic E-state index is 11.8. The number of hydrogen-bond donors (Lipinski definition) is 2. The largest absolute Gasteiger partial charge is 0.497 e. The van der Waals surface area contributed by atoms with Gasteiger partial charge in [0.05, 0.1) is 12.8 Å². The van der Waals surface area contributed by atoms with Gasteiger partial charge in [-0.05, 0) is 43.2 Å². The number of rotatable bonds is 8. The van der Waals surface area contributed by atoms with Crippen molar-refractivity contribution in [1.82, 2.24) is 5.43 Å². The van der Waals surface area contributed by atoms with Gasteiger partial charge < -0.3 is 10.1 Å². The summed E-state index contributed by atoms with van der Waals surface area (Å²) in [4.78, 5) is 11.8. The van der Waals surface area contributed by atoms with E-state index in [0.29, 0.717) is 6.42 Å². The molecule has 0 saturated heterocycles. The first-order valence-corrected chi connectivity index (χ1v) is 7.95. The lowest BCUT2D eigenvalue weighted by Gasteiger charge is -2.07. The molecule has 0 fully saturated rings. The van der Waals surface area contributed by atoms with E-state index in [1.54, 1.807) is 7.11 Å². The number of benzene rings is 2. The Bertz CT molecular complexity index is 667. The van der Waals surface area contributed by atoms with Crippen LogP contribution < -0.4 is 15.5 Å². The van der Waals surface area contributed by atoms with Gasteiger partial charge >= 0.3 is 0 Å². The summed E-state index contributed by atoms with van der Waals surface area (Å²) < 4.78 is 5.11. The lowest BCUT2D eigenvalue weighted by Crippen LogP contribution is -2.19. The third kappa shape index (κ3) is 5.76. The van der Waals surface area contributed by atoms with E-state index in [0.717, 1.165) is 35.7 Å². The van der Waals surface area contributed by atoms with Crippen LogP contribution in [0.4, 0.5) is 5.69 Å². The molecule has 0 atom stereocenters. The topological polar surface area (TPSA) is 62.7 Å². The van der Waals surface area contributed by atoms with Crippen LogP contribution >= 0.6 is 0 Å². The SMILES string of the molecule is COc1ccc(NCCCC(=O)NN=C(C)c2ccccc2)cc1. The maximum absolute atomic E-state index is 11.8. The molecule has 5 heteroatoms. The molecule has 0 radical (unpaired) electrons. The average molecular weight is 325 g/mol. The van der Waals surface area contributed by atoms with Gasteiger partial charge in [-0.1, -0.05) is 30.3 Å². The number of anilines is 1. The third-order valence-electron chi connectivity index (χ3n) is 3.54. The van der Waals surface area contributed by atoms with Gasteiger partial charge in [0, 0.05) is 18.7 Å². The number of hydrogen-bond acceptors (Lipinski definition) is 4. The third-order valence-corrected chi connectivity index (χ3v) is 3.54. The van der Waals surface area contributed by atoms with Crippen LogP contribution in [0.2, 0.25) is 0 Å². The second-order valence-corrected chi connectivity index (χ2v) is 5.36. The monoisotopic (exact) mass is 325 g/mol. The molecule has 0 aliphatic carbocycles. The van der Waals surface area contributed by atoms with Crippen LogP contribution in [0, 0.1) is 0 Å². The standard InChI is InChI=1S/C19H23N3O2/c1-15(16-7-4-3-5-8-16)21-22-19(23)9-6-14-20-17-10-12-18(24-2)13-11-17/h3-5,7-8,10-13,20H,6,9,14H2,1-2H3,(H,22,23). The normalized spacial score (nSPS) is 11.0. The van der Waals surface area contributed by atoms with Crippen molar-refractivity contribution in [2.45, 2.75) is 19.8 Å². The lowest BCUT2D eigenvalue weighted by molar-refractivity contribution is -0.121. The van der Waals surface area contributed by atoms with E-state index >= 15 is 0 Å². The Kier molecular flexibility index (Phi) is 6.83. The average Bonchev–Trinajstić information content (AvgIpc) is 2.64. The number of carbonyl (C=O) groups is 1. The van der Waals surface area contributed by atoms with Gasteiger partial charge in [-0.25, -0.2) is 5.43 Å². The quantitative estimate of drug-likeness (QED) is 0.444. The summed E-state index contributed by atoms with van der Waals surface area (Å²) in [6.07, 6.45) is 1.16. The van der Waals surface area contributed by atoms with E-state index in [2.05, 4.69) is 15.8 Å². The first-order chi connectivity index (χ1) is 11.7. The number of hydrazone groups is 1. The minimum atomic E-state index is -0.0817. The molecule has 2 aromatic carbocycles. The molecule has 2 rings (SSSR count). The molecule has 24 heavy (non-hydrogen) atoms. The molecule has 2 N–H and O–H groups in total. The van der Waals surface area contributed by atoms with Gasteiger partial charge in [-0.3, -0.25) is 4.79 Å². The van der Waals surface area contributed by atoms with Gasteiger partial charge in [-0.2, -0.15) is 5.10 Å². The van der Waals surface area contributed by atoms with Crippen molar-refractivity contribution in [1.29, 1.82) is 0 Å². The highest BCUT2D eigenvalue weighted by Gasteiger charge is 2.01. The fourth-order valence-corrected chi connectivity index (χ4v) is 2.14. The van der Waals surface area contributed by atoms with E-state index in [-0.39, 0.29) is 5.91 Å². The van der Waals surface area contributed by atoms with Crippen LogP contribution in [-0.4, -0.2) is 25.3 Å². The van der Waals surface area contributed by atoms with Crippen LogP contribution in [0.3, 0.4) is 0 Å². The van der Waals surface area contributed by atoms with E-state index in [4.69, 9.17) is 4.74 Å². The van der Waals surface area contributed by atoms with Crippen molar-refractivity contribution in [2.24, 2.45) is 5.10 Å². The Morgan fingerprint density at radius 1 is 1.08 bits per heavy atom. The molecular weight excluding hydrogens is 302 g/mol. The van der Waals surface area contributed by atoms with Crippen LogP contribution in [0.25, 0.3) is 0 Å². The molecule has 0 heterocycles. The van der Waals surface area contributed by atoms with Gasteiger partial charge in [0.25, 0.3) is 0 Å². The van der Waals surface area contributed by atoms with Gasteiger partial charge in [0.1, 0.15) is 5.75 Å². The molecule has 0 aromatic heterocycles. The molecular formula is C19H23N3O2. The first-order valence-electron chi connectivity index (χ1n) is 7.95. The zero-order chi connectivity index (χ0) is 17.2. The van der Waals surface area contributed by atoms with E-state index in [1.807, 2.05) is 61.5 Å². The van der Waals surface area contributed by atoms with Crippen molar-refractivity contribution >= 4 is 17.3 Å². The molecule has 0 aliphatic heterocycles. The van der Waals surface area contributed by atoms with E-state index in [9.17, 15) is 4.79 Å². The highest BCUT2D eigenvalue weighted by atomic mass is 16.5. The smallest absolute Gasteiger partial charge is 0.240 e. The van der Waals surface area contributed by atoms with Crippen molar-refractivity contribution < 1.29 is 9.53 Å². The van der Waals surface area contributed by atoms with Crippen LogP contribution in [0.15, 0.2) is 59.7 Å². The van der Waals surface area contributed by atoms with Crippen molar-refractivity contribution in [3.05, 3.63) is 60.2 Å². The Morgan fingerprint density at radius 3 is 2.46 bits per heavy atom. The summed E-state index contributed by atoms with van der Waals surface area (Å²) in [7, 11) is 1.64. The molecule has 126 valence electrons. The number of carbonyl (C=O) groups excluding carboxylic acids is 1. The van der Waals surface area contributed by atoms with Crippen LogP contribution in [0.5, 0.6) is 5.75 Å². The first kappa shape index (κ1) is 17.5. The maximum Gasteiger partial charge on any atom is 0.240 e. The molecule has 0 aliphatic rings. The van der Waals surface area contributed by atoms with E-state index < -0.39 is 0 Å². The number of nitrogens with one attached hydrogen (secondary N) is 2. The molecule has 0 spiro atoms. The van der Waals surface area contributed by atoms with Crippen molar-refractivity contribution in [3.63, 3.8) is 0 Å². The second kappa shape index (κ2) is 9.35. The molecule has 0 saturated carbocycles. The fraction of sp³-hybridized carbons (Fsp3) is 0.263. The zero-order valence-corrected chi connectivity index (χ0v) is 14.1. The predicted molar refractivity (Wildman–Crippen MR) is 97.5 cm³/mol. The Balaban J connectivity index is 1.67. The summed E-state index contributed by atoms with van der Waals surface area (Å²) in [5.41, 5.74) is 5.40. The summed E-state index contributed by atoms with van der Waals surface area (Å²) in [5.74, 6) is 0.744. The lowest BCUT2D eigenvalue weighted by atomic mass is 10.1. The molecule has 1 amide bonds. The fourth-order valence-electron chi connectivity index (χ4n) is 2.14. The highest BCUT2D eigenvalue weighted by Crippen LogP contribution is 2.14. The molecule has 0 bridgehead atoms. The van der Waals surface area contributed by atoms with Gasteiger partial charge in [-0.15, -0.1) is 0 Å². The van der Waals surface area contributed by atoms with Crippen LogP contribution in [-0.2, 0) is 4.79 Å². The number of ether oxygens (including phenoxy) is 1. The van der Waals surface area contributed by atoms with E-state index in [1.165, 1.54) is 0 Å². The molecule has 5 nitrogen and oxygen atoms in total. The molecule has 2 aromatic rings. The number of amides is 1.